The lowest BCUT2D eigenvalue weighted by Crippen LogP contribution is -2.49. The van der Waals surface area contributed by atoms with Gasteiger partial charge in [-0.05, 0) is 97.3 Å². The monoisotopic (exact) mass is 610 g/mol. The number of aliphatic hydroxyl groups excluding tert-OH is 2. The van der Waals surface area contributed by atoms with Gasteiger partial charge in [0.2, 0.25) is 11.6 Å². The van der Waals surface area contributed by atoms with Gasteiger partial charge < -0.3 is 35.7 Å². The Balaban J connectivity index is 1.68. The van der Waals surface area contributed by atoms with Gasteiger partial charge in [-0.25, -0.2) is 0 Å². The Morgan fingerprint density at radius 2 is 1.45 bits per heavy atom. The second-order valence-electron chi connectivity index (χ2n) is 12.7. The molecule has 0 amide bonds. The van der Waals surface area contributed by atoms with Crippen molar-refractivity contribution in [3.63, 3.8) is 0 Å². The predicted octanol–water partition coefficient (Wildman–Crippen LogP) is 5.36. The fraction of sp³-hybridized carbons (Fsp3) is 0.486. The minimum atomic E-state index is -2.53. The Kier molecular flexibility index (Phi) is 10.9. The minimum Gasteiger partial charge on any atom is -0.507 e. The third kappa shape index (κ3) is 7.07. The molecule has 3 rings (SSSR count). The van der Waals surface area contributed by atoms with Crippen LogP contribution in [0.25, 0.3) is 10.8 Å². The number of Topliss-reactive ketones (excluding diaryl/α,β-unsaturated/α-hetero) is 2. The van der Waals surface area contributed by atoms with Crippen LogP contribution < -0.4 is 0 Å². The van der Waals surface area contributed by atoms with E-state index in [1.165, 1.54) is 13.0 Å². The van der Waals surface area contributed by atoms with E-state index in [4.69, 9.17) is 0 Å². The first-order valence-electron chi connectivity index (χ1n) is 15.0. The van der Waals surface area contributed by atoms with Crippen LogP contribution in [-0.4, -0.2) is 71.2 Å². The summed E-state index contributed by atoms with van der Waals surface area (Å²) < 4.78 is 0. The van der Waals surface area contributed by atoms with E-state index in [0.717, 1.165) is 23.1 Å². The van der Waals surface area contributed by atoms with Gasteiger partial charge in [-0.3, -0.25) is 9.59 Å². The number of aliphatic hydroxyl groups is 4. The quantitative estimate of drug-likeness (QED) is 0.116. The number of aryl methyl sites for hydroxylation is 1. The summed E-state index contributed by atoms with van der Waals surface area (Å²) in [4.78, 5) is 27.1. The lowest BCUT2D eigenvalue weighted by molar-refractivity contribution is -0.0511. The fourth-order valence-corrected chi connectivity index (χ4v) is 5.61. The molecule has 0 saturated carbocycles. The Bertz CT molecular complexity index is 1540. The first kappa shape index (κ1) is 35.0. The molecule has 2 aromatic rings. The molecule has 44 heavy (non-hydrogen) atoms. The number of allylic oxidation sites excluding steroid dienone is 4. The molecule has 1 aliphatic rings. The topological polar surface area (TPSA) is 176 Å². The summed E-state index contributed by atoms with van der Waals surface area (Å²) in [5, 5.41) is 73.2. The number of rotatable bonds is 13. The second-order valence-corrected chi connectivity index (χ2v) is 12.7. The van der Waals surface area contributed by atoms with Crippen molar-refractivity contribution in [1.29, 1.82) is 0 Å². The average Bonchev–Trinajstić information content (AvgIpc) is 2.94. The van der Waals surface area contributed by atoms with Gasteiger partial charge in [0, 0.05) is 22.8 Å². The summed E-state index contributed by atoms with van der Waals surface area (Å²) >= 11 is 0. The SMILES string of the molecule is CC(=CCCC(C)=CC[C@@]1(O)C(=O)c2c(O)cc(C)c3c(O)c(C)c(O)c(c23)C1=O)CCC=C(CO)CC[C@H](O)C(C)(C)O. The van der Waals surface area contributed by atoms with Crippen LogP contribution in [0.2, 0.25) is 0 Å². The molecule has 0 spiro atoms. The van der Waals surface area contributed by atoms with Gasteiger partial charge in [0.05, 0.1) is 29.4 Å². The van der Waals surface area contributed by atoms with Crippen molar-refractivity contribution in [2.45, 2.75) is 104 Å². The van der Waals surface area contributed by atoms with E-state index in [1.54, 1.807) is 26.8 Å². The third-order valence-corrected chi connectivity index (χ3v) is 8.65. The van der Waals surface area contributed by atoms with Gasteiger partial charge in [0.1, 0.15) is 17.2 Å². The molecule has 0 radical (unpaired) electrons. The lowest BCUT2D eigenvalue weighted by Gasteiger charge is -2.32. The maximum absolute atomic E-state index is 13.6. The van der Waals surface area contributed by atoms with Gasteiger partial charge in [0.15, 0.2) is 5.60 Å². The van der Waals surface area contributed by atoms with Crippen LogP contribution >= 0.6 is 0 Å². The molecular weight excluding hydrogens is 564 g/mol. The van der Waals surface area contributed by atoms with Gasteiger partial charge in [0.25, 0.3) is 0 Å². The molecule has 9 nitrogen and oxygen atoms in total. The predicted molar refractivity (Wildman–Crippen MR) is 169 cm³/mol. The molecule has 0 saturated heterocycles. The van der Waals surface area contributed by atoms with Crippen LogP contribution in [0.15, 0.2) is 41.0 Å². The number of ketones is 2. The van der Waals surface area contributed by atoms with Crippen molar-refractivity contribution >= 4 is 22.3 Å². The lowest BCUT2D eigenvalue weighted by atomic mass is 9.73. The van der Waals surface area contributed by atoms with Crippen molar-refractivity contribution in [3.05, 3.63) is 63.3 Å². The number of phenols is 3. The summed E-state index contributed by atoms with van der Waals surface area (Å²) in [5.74, 6) is -3.23. The van der Waals surface area contributed by atoms with Crippen LogP contribution in [0.1, 0.15) is 104 Å². The van der Waals surface area contributed by atoms with E-state index in [1.807, 2.05) is 19.9 Å². The third-order valence-electron chi connectivity index (χ3n) is 8.65. The zero-order valence-corrected chi connectivity index (χ0v) is 26.5. The van der Waals surface area contributed by atoms with Gasteiger partial charge in [-0.2, -0.15) is 0 Å². The molecule has 7 N–H and O–H groups in total. The zero-order chi connectivity index (χ0) is 33.1. The molecule has 0 fully saturated rings. The fourth-order valence-electron chi connectivity index (χ4n) is 5.61. The summed E-state index contributed by atoms with van der Waals surface area (Å²) in [6, 6.07) is 1.30. The minimum absolute atomic E-state index is 0.0405. The van der Waals surface area contributed by atoms with E-state index in [-0.39, 0.29) is 46.2 Å². The van der Waals surface area contributed by atoms with E-state index in [0.29, 0.717) is 37.7 Å². The van der Waals surface area contributed by atoms with Crippen molar-refractivity contribution in [1.82, 2.24) is 0 Å². The molecule has 0 bridgehead atoms. The highest BCUT2D eigenvalue weighted by atomic mass is 16.3. The van der Waals surface area contributed by atoms with Gasteiger partial charge >= 0.3 is 0 Å². The van der Waals surface area contributed by atoms with Crippen molar-refractivity contribution in [2.24, 2.45) is 0 Å². The first-order chi connectivity index (χ1) is 20.4. The standard InChI is InChI=1S/C35H46O9/c1-19(11-8-12-23(18-36)13-14-25(38)34(5,6)43)9-7-10-20(2)15-16-35(44)32(41)27-24(37)17-21(3)26-28(27)29(33(35)42)31(40)22(4)30(26)39/h9,12,15,17,25,36-40,43-44H,7-8,10-11,13-14,16,18H2,1-6H3/t25-,35+/m0/s1. The molecule has 2 atom stereocenters. The smallest absolute Gasteiger partial charge is 0.207 e. The highest BCUT2D eigenvalue weighted by Crippen LogP contribution is 2.49. The number of benzene rings is 2. The Labute approximate surface area is 258 Å². The summed E-state index contributed by atoms with van der Waals surface area (Å²) in [6.45, 7) is 9.86. The van der Waals surface area contributed by atoms with Crippen molar-refractivity contribution < 1.29 is 45.3 Å². The van der Waals surface area contributed by atoms with E-state index in [2.05, 4.69) is 6.08 Å². The van der Waals surface area contributed by atoms with Crippen LogP contribution in [0.5, 0.6) is 17.2 Å². The highest BCUT2D eigenvalue weighted by molar-refractivity contribution is 6.36. The summed E-state index contributed by atoms with van der Waals surface area (Å²) in [6.07, 6.45) is 8.07. The molecule has 0 heterocycles. The van der Waals surface area contributed by atoms with Crippen LogP contribution in [0.3, 0.4) is 0 Å². The highest BCUT2D eigenvalue weighted by Gasteiger charge is 2.51. The maximum Gasteiger partial charge on any atom is 0.207 e. The molecule has 240 valence electrons. The largest absolute Gasteiger partial charge is 0.507 e. The van der Waals surface area contributed by atoms with Crippen molar-refractivity contribution in [2.75, 3.05) is 6.61 Å². The maximum atomic E-state index is 13.6. The molecule has 9 heteroatoms. The van der Waals surface area contributed by atoms with E-state index >= 15 is 0 Å². The average molecular weight is 611 g/mol. The molecular formula is C35H46O9. The van der Waals surface area contributed by atoms with E-state index in [9.17, 15) is 45.3 Å². The number of carbonyl (C=O) groups is 2. The van der Waals surface area contributed by atoms with Crippen LogP contribution in [0, 0.1) is 13.8 Å². The Morgan fingerprint density at radius 3 is 2.05 bits per heavy atom. The normalized spacial score (nSPS) is 18.8. The van der Waals surface area contributed by atoms with Gasteiger partial charge in [-0.15, -0.1) is 0 Å². The molecule has 0 aromatic heterocycles. The second kappa shape index (κ2) is 13.6. The number of phenolic OH excluding ortho intramolecular Hbond substituents is 3. The summed E-state index contributed by atoms with van der Waals surface area (Å²) in [5.41, 5.74) is -1.06. The van der Waals surface area contributed by atoms with Crippen molar-refractivity contribution in [3.8, 4) is 17.2 Å². The summed E-state index contributed by atoms with van der Waals surface area (Å²) in [7, 11) is 0. The molecule has 0 aliphatic heterocycles. The van der Waals surface area contributed by atoms with Crippen LogP contribution in [0.4, 0.5) is 0 Å². The Morgan fingerprint density at radius 1 is 0.886 bits per heavy atom. The molecule has 1 aliphatic carbocycles. The number of hydrogen-bond donors (Lipinski definition) is 7. The Hall–Kier alpha value is -3.50. The number of hydrogen-bond acceptors (Lipinski definition) is 9. The molecule has 0 unspecified atom stereocenters. The molecule has 2 aromatic carbocycles. The van der Waals surface area contributed by atoms with E-state index < -0.39 is 40.4 Å². The number of carbonyl (C=O) groups excluding carboxylic acids is 2. The first-order valence-corrected chi connectivity index (χ1v) is 15.0. The van der Waals surface area contributed by atoms with Crippen LogP contribution in [-0.2, 0) is 0 Å². The van der Waals surface area contributed by atoms with Gasteiger partial charge in [-0.1, -0.05) is 29.4 Å². The zero-order valence-electron chi connectivity index (χ0n) is 26.5. The number of aromatic hydroxyl groups is 3.